The first-order chi connectivity index (χ1) is 6.31. The van der Waals surface area contributed by atoms with E-state index in [2.05, 4.69) is 26.7 Å². The van der Waals surface area contributed by atoms with Gasteiger partial charge in [0, 0.05) is 0 Å². The number of nitrogens with two attached hydrogens (primary N) is 1. The smallest absolute Gasteiger partial charge is 0.207 e. The van der Waals surface area contributed by atoms with Crippen LogP contribution in [0.1, 0.15) is 0 Å². The minimum Gasteiger partial charge on any atom is -0.382 e. The van der Waals surface area contributed by atoms with Crippen molar-refractivity contribution >= 4 is 17.0 Å². The average Bonchev–Trinajstić information content (AvgIpc) is 2.49. The number of hydrogen-bond donors (Lipinski definition) is 1. The Morgan fingerprint density at radius 3 is 3.00 bits per heavy atom. The molecule has 2 aromatic rings. The topological polar surface area (TPSA) is 82.5 Å². The van der Waals surface area contributed by atoms with E-state index in [1.165, 1.54) is 11.1 Å². The molecule has 0 saturated heterocycles. The molecule has 0 saturated carbocycles. The van der Waals surface area contributed by atoms with Gasteiger partial charge in [0.2, 0.25) is 5.65 Å². The third-order valence-corrected chi connectivity index (χ3v) is 1.55. The maximum absolute atomic E-state index is 5.57. The Labute approximate surface area is 74.1 Å². The van der Waals surface area contributed by atoms with E-state index in [4.69, 9.17) is 5.73 Å². The summed E-state index contributed by atoms with van der Waals surface area (Å²) >= 11 is 0. The van der Waals surface area contributed by atoms with Crippen molar-refractivity contribution in [3.8, 4) is 0 Å². The van der Waals surface area contributed by atoms with Gasteiger partial charge in [0.1, 0.15) is 6.33 Å². The number of nitrogens with zero attached hydrogens (tertiary/aromatic N) is 5. The minimum atomic E-state index is 0.348. The monoisotopic (exact) mass is 176 g/mol. The summed E-state index contributed by atoms with van der Waals surface area (Å²) in [4.78, 5) is 9.21. The highest BCUT2D eigenvalue weighted by Crippen LogP contribution is 2.09. The zero-order valence-electron chi connectivity index (χ0n) is 6.88. The Morgan fingerprint density at radius 2 is 2.31 bits per heavy atom. The van der Waals surface area contributed by atoms with E-state index in [1.807, 2.05) is 0 Å². The van der Waals surface area contributed by atoms with Crippen LogP contribution in [0.3, 0.4) is 0 Å². The number of anilines is 1. The number of allylic oxidation sites excluding steroid dienone is 1. The third kappa shape index (κ3) is 1.22. The number of aromatic nitrogens is 5. The van der Waals surface area contributed by atoms with E-state index in [0.717, 1.165) is 0 Å². The summed E-state index contributed by atoms with van der Waals surface area (Å²) in [5, 5.41) is 8.15. The Kier molecular flexibility index (Phi) is 1.66. The molecule has 0 atom stereocenters. The molecule has 2 rings (SSSR count). The molecule has 13 heavy (non-hydrogen) atoms. The fourth-order valence-corrected chi connectivity index (χ4v) is 0.996. The minimum absolute atomic E-state index is 0.348. The quantitative estimate of drug-likeness (QED) is 0.650. The van der Waals surface area contributed by atoms with Gasteiger partial charge >= 0.3 is 0 Å². The van der Waals surface area contributed by atoms with Gasteiger partial charge in [-0.3, -0.25) is 0 Å². The molecule has 6 heteroatoms. The lowest BCUT2D eigenvalue weighted by Crippen LogP contribution is -1.99. The van der Waals surface area contributed by atoms with Gasteiger partial charge in [-0.05, 0) is 0 Å². The summed E-state index contributed by atoms with van der Waals surface area (Å²) in [5.74, 6) is 0.348. The molecule has 2 heterocycles. The molecule has 2 N–H and O–H groups in total. The lowest BCUT2D eigenvalue weighted by molar-refractivity contribution is 0.611. The van der Waals surface area contributed by atoms with Crippen molar-refractivity contribution in [3.05, 3.63) is 19.0 Å². The molecule has 6 nitrogen and oxygen atoms in total. The van der Waals surface area contributed by atoms with Crippen LogP contribution >= 0.6 is 0 Å². The van der Waals surface area contributed by atoms with Crippen LogP contribution in [0, 0.1) is 0 Å². The Bertz CT molecular complexity index is 445. The highest BCUT2D eigenvalue weighted by Gasteiger charge is 2.05. The van der Waals surface area contributed by atoms with Crippen LogP contribution in [0.5, 0.6) is 0 Å². The van der Waals surface area contributed by atoms with Gasteiger partial charge < -0.3 is 5.73 Å². The molecular formula is C7H8N6. The first-order valence-electron chi connectivity index (χ1n) is 3.73. The van der Waals surface area contributed by atoms with Crippen LogP contribution < -0.4 is 5.73 Å². The van der Waals surface area contributed by atoms with Gasteiger partial charge in [-0.2, -0.15) is 4.80 Å². The van der Waals surface area contributed by atoms with Crippen molar-refractivity contribution in [2.24, 2.45) is 0 Å². The number of hydrogen-bond acceptors (Lipinski definition) is 5. The highest BCUT2D eigenvalue weighted by molar-refractivity contribution is 5.79. The van der Waals surface area contributed by atoms with Gasteiger partial charge in [-0.25, -0.2) is 9.97 Å². The van der Waals surface area contributed by atoms with Crippen LogP contribution in [-0.4, -0.2) is 25.0 Å². The van der Waals surface area contributed by atoms with Crippen molar-refractivity contribution < 1.29 is 0 Å². The lowest BCUT2D eigenvalue weighted by atomic mass is 10.5. The van der Waals surface area contributed by atoms with Crippen LogP contribution in [0.15, 0.2) is 19.0 Å². The van der Waals surface area contributed by atoms with Crippen molar-refractivity contribution in [3.63, 3.8) is 0 Å². The largest absolute Gasteiger partial charge is 0.382 e. The molecule has 2 aromatic heterocycles. The van der Waals surface area contributed by atoms with E-state index in [9.17, 15) is 0 Å². The first kappa shape index (κ1) is 7.66. The highest BCUT2D eigenvalue weighted by atomic mass is 15.5. The van der Waals surface area contributed by atoms with E-state index in [0.29, 0.717) is 23.5 Å². The SMILES string of the molecule is C=CCn1nc2ncnc(N)c2n1. The molecule has 0 aromatic carbocycles. The normalized spacial score (nSPS) is 10.5. The molecule has 0 aliphatic rings. The van der Waals surface area contributed by atoms with Crippen LogP contribution in [-0.2, 0) is 6.54 Å². The van der Waals surface area contributed by atoms with Crippen LogP contribution in [0.4, 0.5) is 5.82 Å². The third-order valence-electron chi connectivity index (χ3n) is 1.55. The summed E-state index contributed by atoms with van der Waals surface area (Å²) in [7, 11) is 0. The molecule has 0 aliphatic heterocycles. The van der Waals surface area contributed by atoms with E-state index in [-0.39, 0.29) is 0 Å². The molecule has 0 radical (unpaired) electrons. The molecule has 66 valence electrons. The molecule has 0 fully saturated rings. The Balaban J connectivity index is 2.61. The second-order valence-electron chi connectivity index (χ2n) is 2.47. The van der Waals surface area contributed by atoms with Crippen molar-refractivity contribution in [2.45, 2.75) is 6.54 Å². The van der Waals surface area contributed by atoms with Crippen LogP contribution in [0.25, 0.3) is 11.2 Å². The van der Waals surface area contributed by atoms with Crippen molar-refractivity contribution in [1.29, 1.82) is 0 Å². The summed E-state index contributed by atoms with van der Waals surface area (Å²) in [6.07, 6.45) is 3.06. The van der Waals surface area contributed by atoms with E-state index in [1.54, 1.807) is 6.08 Å². The first-order valence-corrected chi connectivity index (χ1v) is 3.73. The molecular weight excluding hydrogens is 168 g/mol. The molecule has 0 aliphatic carbocycles. The van der Waals surface area contributed by atoms with Gasteiger partial charge in [0.05, 0.1) is 6.54 Å². The second-order valence-corrected chi connectivity index (χ2v) is 2.47. The molecule has 0 bridgehead atoms. The fraction of sp³-hybridized carbons (Fsp3) is 0.143. The predicted molar refractivity (Wildman–Crippen MR) is 47.7 cm³/mol. The molecule has 0 amide bonds. The summed E-state index contributed by atoms with van der Waals surface area (Å²) < 4.78 is 0. The second kappa shape index (κ2) is 2.81. The van der Waals surface area contributed by atoms with Crippen molar-refractivity contribution in [1.82, 2.24) is 25.0 Å². The summed E-state index contributed by atoms with van der Waals surface area (Å²) in [5.41, 5.74) is 6.61. The maximum atomic E-state index is 5.57. The van der Waals surface area contributed by atoms with E-state index < -0.39 is 0 Å². The zero-order valence-corrected chi connectivity index (χ0v) is 6.88. The van der Waals surface area contributed by atoms with Gasteiger partial charge in [0.25, 0.3) is 0 Å². The molecule has 0 unspecified atom stereocenters. The number of rotatable bonds is 2. The van der Waals surface area contributed by atoms with Gasteiger partial charge in [-0.15, -0.1) is 16.8 Å². The fourth-order valence-electron chi connectivity index (χ4n) is 0.996. The van der Waals surface area contributed by atoms with Crippen molar-refractivity contribution in [2.75, 3.05) is 5.73 Å². The maximum Gasteiger partial charge on any atom is 0.207 e. The standard InChI is InChI=1S/C7H8N6/c1-2-3-13-11-5-6(8)9-4-10-7(5)12-13/h2,4H,1,3H2,(H2,8,9,10,12). The number of fused-ring (bicyclic) bond motifs is 1. The predicted octanol–water partition coefficient (Wildman–Crippen LogP) is -0.0105. The van der Waals surface area contributed by atoms with Gasteiger partial charge in [0.15, 0.2) is 11.3 Å². The number of nitrogen functional groups attached to an aromatic ring is 1. The summed E-state index contributed by atoms with van der Waals surface area (Å²) in [6.45, 7) is 4.12. The molecule has 0 spiro atoms. The van der Waals surface area contributed by atoms with Crippen LogP contribution in [0.2, 0.25) is 0 Å². The Morgan fingerprint density at radius 1 is 1.46 bits per heavy atom. The average molecular weight is 176 g/mol. The van der Waals surface area contributed by atoms with E-state index >= 15 is 0 Å². The lowest BCUT2D eigenvalue weighted by Gasteiger charge is -1.88. The van der Waals surface area contributed by atoms with Gasteiger partial charge in [-0.1, -0.05) is 6.08 Å². The zero-order chi connectivity index (χ0) is 9.26. The Hall–Kier alpha value is -1.98. The summed E-state index contributed by atoms with van der Waals surface area (Å²) in [6, 6.07) is 0.